The molecule has 2 N–H and O–H groups in total. The molecule has 5 heteroatoms. The molecule has 0 aromatic carbocycles. The van der Waals surface area contributed by atoms with Crippen molar-refractivity contribution in [1.82, 2.24) is 5.32 Å². The van der Waals surface area contributed by atoms with Gasteiger partial charge in [0.15, 0.2) is 0 Å². The molecule has 0 saturated heterocycles. The summed E-state index contributed by atoms with van der Waals surface area (Å²) < 4.78 is 5.28. The van der Waals surface area contributed by atoms with Gasteiger partial charge in [0.1, 0.15) is 5.60 Å². The summed E-state index contributed by atoms with van der Waals surface area (Å²) in [5.74, 6) is -0.204. The molecule has 1 fully saturated rings. The molecule has 1 amide bonds. The van der Waals surface area contributed by atoms with E-state index in [9.17, 15) is 9.59 Å². The van der Waals surface area contributed by atoms with Crippen LogP contribution in [0.15, 0.2) is 0 Å². The summed E-state index contributed by atoms with van der Waals surface area (Å²) in [6, 6.07) is 0. The first-order valence-corrected chi connectivity index (χ1v) is 7.27. The van der Waals surface area contributed by atoms with Gasteiger partial charge in [-0.15, -0.1) is 0 Å². The van der Waals surface area contributed by atoms with Crippen molar-refractivity contribution in [3.05, 3.63) is 0 Å². The first kappa shape index (κ1) is 16.8. The number of rotatable bonds is 3. The lowest BCUT2D eigenvalue weighted by Gasteiger charge is -2.44. The SMILES string of the molecule is CC1CCC(CC(=O)O)(NC(=O)OC(C)(C)C)C(C)C1. The van der Waals surface area contributed by atoms with Gasteiger partial charge < -0.3 is 15.2 Å². The lowest BCUT2D eigenvalue weighted by molar-refractivity contribution is -0.139. The van der Waals surface area contributed by atoms with Gasteiger partial charge in [-0.2, -0.15) is 0 Å². The first-order chi connectivity index (χ1) is 9.04. The zero-order valence-electron chi connectivity index (χ0n) is 13.2. The summed E-state index contributed by atoms with van der Waals surface area (Å²) in [6.07, 6.45) is 1.94. The summed E-state index contributed by atoms with van der Waals surface area (Å²) in [6.45, 7) is 9.55. The Bertz CT molecular complexity index is 375. The molecular weight excluding hydrogens is 258 g/mol. The third kappa shape index (κ3) is 4.69. The number of carboxylic acids is 1. The van der Waals surface area contributed by atoms with Gasteiger partial charge in [0.2, 0.25) is 0 Å². The third-order valence-corrected chi connectivity index (χ3v) is 4.00. The van der Waals surface area contributed by atoms with Gasteiger partial charge in [-0.25, -0.2) is 4.79 Å². The van der Waals surface area contributed by atoms with Crippen LogP contribution in [-0.2, 0) is 9.53 Å². The number of amides is 1. The number of carbonyl (C=O) groups excluding carboxylic acids is 1. The number of alkyl carbamates (subject to hydrolysis) is 1. The smallest absolute Gasteiger partial charge is 0.408 e. The monoisotopic (exact) mass is 285 g/mol. The second-order valence-corrected chi connectivity index (χ2v) is 7.13. The standard InChI is InChI=1S/C15H27NO4/c1-10-6-7-15(9-12(17)18,11(2)8-10)16-13(19)20-14(3,4)5/h10-11H,6-9H2,1-5H3,(H,16,19)(H,17,18). The zero-order valence-corrected chi connectivity index (χ0v) is 13.2. The largest absolute Gasteiger partial charge is 0.481 e. The van der Waals surface area contributed by atoms with Crippen molar-refractivity contribution in [1.29, 1.82) is 0 Å². The van der Waals surface area contributed by atoms with Gasteiger partial charge >= 0.3 is 12.1 Å². The van der Waals surface area contributed by atoms with Crippen LogP contribution in [0, 0.1) is 11.8 Å². The number of nitrogens with one attached hydrogen (secondary N) is 1. The van der Waals surface area contributed by atoms with E-state index in [4.69, 9.17) is 9.84 Å². The Hall–Kier alpha value is -1.26. The van der Waals surface area contributed by atoms with Gasteiger partial charge in [0.25, 0.3) is 0 Å². The first-order valence-electron chi connectivity index (χ1n) is 7.27. The summed E-state index contributed by atoms with van der Waals surface area (Å²) in [4.78, 5) is 23.2. The Kier molecular flexibility index (Phi) is 5.05. The second kappa shape index (κ2) is 6.02. The van der Waals surface area contributed by atoms with Crippen LogP contribution in [0.2, 0.25) is 0 Å². The average molecular weight is 285 g/mol. The highest BCUT2D eigenvalue weighted by Crippen LogP contribution is 2.39. The Morgan fingerprint density at radius 2 is 1.95 bits per heavy atom. The molecule has 1 saturated carbocycles. The van der Waals surface area contributed by atoms with E-state index >= 15 is 0 Å². The van der Waals surface area contributed by atoms with Crippen LogP contribution in [0.4, 0.5) is 4.79 Å². The lowest BCUT2D eigenvalue weighted by atomic mass is 9.68. The number of carbonyl (C=O) groups is 2. The normalized spacial score (nSPS) is 30.6. The topological polar surface area (TPSA) is 75.6 Å². The average Bonchev–Trinajstić information content (AvgIpc) is 2.20. The zero-order chi connectivity index (χ0) is 15.6. The molecule has 0 bridgehead atoms. The molecule has 1 aliphatic rings. The van der Waals surface area contributed by atoms with E-state index in [1.807, 2.05) is 6.92 Å². The molecule has 0 heterocycles. The van der Waals surface area contributed by atoms with Gasteiger partial charge in [0.05, 0.1) is 12.0 Å². The molecule has 20 heavy (non-hydrogen) atoms. The highest BCUT2D eigenvalue weighted by molar-refractivity contribution is 5.73. The van der Waals surface area contributed by atoms with Crippen molar-refractivity contribution in [2.45, 2.75) is 71.4 Å². The minimum absolute atomic E-state index is 0.0554. The van der Waals surface area contributed by atoms with E-state index in [1.165, 1.54) is 0 Å². The summed E-state index contributed by atoms with van der Waals surface area (Å²) in [7, 11) is 0. The molecule has 3 unspecified atom stereocenters. The molecule has 3 atom stereocenters. The van der Waals surface area contributed by atoms with E-state index in [-0.39, 0.29) is 12.3 Å². The number of hydrogen-bond acceptors (Lipinski definition) is 3. The summed E-state index contributed by atoms with van der Waals surface area (Å²) in [5.41, 5.74) is -1.28. The highest BCUT2D eigenvalue weighted by Gasteiger charge is 2.43. The summed E-state index contributed by atoms with van der Waals surface area (Å²) in [5, 5.41) is 12.0. The lowest BCUT2D eigenvalue weighted by Crippen LogP contribution is -2.57. The molecule has 1 rings (SSSR count). The van der Waals surface area contributed by atoms with E-state index in [0.717, 1.165) is 12.8 Å². The van der Waals surface area contributed by atoms with Crippen LogP contribution in [0.1, 0.15) is 60.3 Å². The van der Waals surface area contributed by atoms with Gasteiger partial charge in [-0.05, 0) is 51.9 Å². The molecular formula is C15H27NO4. The Balaban J connectivity index is 2.84. The molecule has 116 valence electrons. The Labute approximate surface area is 121 Å². The minimum Gasteiger partial charge on any atom is -0.481 e. The minimum atomic E-state index is -0.887. The molecule has 0 aromatic heterocycles. The van der Waals surface area contributed by atoms with Crippen molar-refractivity contribution in [2.24, 2.45) is 11.8 Å². The van der Waals surface area contributed by atoms with Crippen LogP contribution in [0.3, 0.4) is 0 Å². The van der Waals surface area contributed by atoms with Crippen LogP contribution in [-0.4, -0.2) is 28.3 Å². The van der Waals surface area contributed by atoms with Crippen LogP contribution < -0.4 is 5.32 Å². The number of carboxylic acid groups (broad SMARTS) is 1. The van der Waals surface area contributed by atoms with Crippen LogP contribution in [0.25, 0.3) is 0 Å². The molecule has 5 nitrogen and oxygen atoms in total. The molecule has 0 aromatic rings. The predicted molar refractivity (Wildman–Crippen MR) is 76.5 cm³/mol. The Morgan fingerprint density at radius 3 is 2.40 bits per heavy atom. The van der Waals surface area contributed by atoms with Crippen LogP contribution in [0.5, 0.6) is 0 Å². The fourth-order valence-electron chi connectivity index (χ4n) is 2.97. The quantitative estimate of drug-likeness (QED) is 0.835. The second-order valence-electron chi connectivity index (χ2n) is 7.13. The molecule has 0 spiro atoms. The van der Waals surface area contributed by atoms with E-state index < -0.39 is 23.2 Å². The van der Waals surface area contributed by atoms with E-state index in [0.29, 0.717) is 12.3 Å². The maximum atomic E-state index is 12.0. The molecule has 0 aliphatic heterocycles. The molecule has 1 aliphatic carbocycles. The fourth-order valence-corrected chi connectivity index (χ4v) is 2.97. The number of ether oxygens (including phenoxy) is 1. The van der Waals surface area contributed by atoms with Crippen molar-refractivity contribution in [2.75, 3.05) is 0 Å². The molecule has 0 radical (unpaired) electrons. The number of aliphatic carboxylic acids is 1. The predicted octanol–water partition coefficient (Wildman–Crippen LogP) is 3.18. The van der Waals surface area contributed by atoms with Crippen molar-refractivity contribution in [3.63, 3.8) is 0 Å². The third-order valence-electron chi connectivity index (χ3n) is 4.00. The summed E-state index contributed by atoms with van der Waals surface area (Å²) >= 11 is 0. The van der Waals surface area contributed by atoms with E-state index in [2.05, 4.69) is 12.2 Å². The van der Waals surface area contributed by atoms with Crippen molar-refractivity contribution in [3.8, 4) is 0 Å². The maximum absolute atomic E-state index is 12.0. The van der Waals surface area contributed by atoms with E-state index in [1.54, 1.807) is 20.8 Å². The Morgan fingerprint density at radius 1 is 1.35 bits per heavy atom. The van der Waals surface area contributed by atoms with Gasteiger partial charge in [0, 0.05) is 0 Å². The van der Waals surface area contributed by atoms with Crippen LogP contribution >= 0.6 is 0 Å². The maximum Gasteiger partial charge on any atom is 0.408 e. The fraction of sp³-hybridized carbons (Fsp3) is 0.867. The van der Waals surface area contributed by atoms with Crippen molar-refractivity contribution >= 4 is 12.1 Å². The number of hydrogen-bond donors (Lipinski definition) is 2. The van der Waals surface area contributed by atoms with Gasteiger partial charge in [-0.1, -0.05) is 13.8 Å². The van der Waals surface area contributed by atoms with Crippen molar-refractivity contribution < 1.29 is 19.4 Å². The highest BCUT2D eigenvalue weighted by atomic mass is 16.6. The van der Waals surface area contributed by atoms with Gasteiger partial charge in [-0.3, -0.25) is 4.79 Å².